The van der Waals surface area contributed by atoms with Gasteiger partial charge in [-0.1, -0.05) is 0 Å². The van der Waals surface area contributed by atoms with Crippen molar-refractivity contribution in [1.29, 1.82) is 0 Å². The molecule has 0 heterocycles. The maximum Gasteiger partial charge on any atom is 0.314 e. The van der Waals surface area contributed by atoms with Gasteiger partial charge in [0.15, 0.2) is 5.75 Å². The van der Waals surface area contributed by atoms with E-state index >= 15 is 0 Å². The minimum absolute atomic E-state index is 0.0232. The van der Waals surface area contributed by atoms with Crippen LogP contribution in [0.5, 0.6) is 17.2 Å². The first kappa shape index (κ1) is 18.5. The summed E-state index contributed by atoms with van der Waals surface area (Å²) in [6.07, 6.45) is 0. The molecule has 0 aliphatic heterocycles. The molecule has 10 heteroatoms. The van der Waals surface area contributed by atoms with Gasteiger partial charge in [0.2, 0.25) is 10.0 Å². The van der Waals surface area contributed by atoms with Gasteiger partial charge in [-0.25, -0.2) is 13.6 Å². The van der Waals surface area contributed by atoms with Crippen LogP contribution in [0, 0.1) is 10.1 Å². The van der Waals surface area contributed by atoms with Crippen molar-refractivity contribution in [3.63, 3.8) is 0 Å². The highest BCUT2D eigenvalue weighted by Gasteiger charge is 2.16. The van der Waals surface area contributed by atoms with E-state index < -0.39 is 14.9 Å². The summed E-state index contributed by atoms with van der Waals surface area (Å²) in [5.74, 6) is 0.865. The summed E-state index contributed by atoms with van der Waals surface area (Å²) in [4.78, 5) is 10.4. The van der Waals surface area contributed by atoms with Gasteiger partial charge in [0.25, 0.3) is 0 Å². The molecule has 0 saturated carbocycles. The van der Waals surface area contributed by atoms with Gasteiger partial charge >= 0.3 is 5.69 Å². The zero-order chi connectivity index (χ0) is 18.4. The standard InChI is InChI=1S/C15H16N2O7S/c1-22-12-4-7-15(14(10-12)17(18)19)24-9-8-23-11-2-5-13(6-3-11)25(16,20)21/h2-7,10H,8-9H2,1H3,(H2,16,20,21). The Morgan fingerprint density at radius 3 is 2.20 bits per heavy atom. The van der Waals surface area contributed by atoms with E-state index in [1.807, 2.05) is 0 Å². The summed E-state index contributed by atoms with van der Waals surface area (Å²) >= 11 is 0. The van der Waals surface area contributed by atoms with Crippen LogP contribution < -0.4 is 19.3 Å². The van der Waals surface area contributed by atoms with E-state index in [1.54, 1.807) is 6.07 Å². The predicted molar refractivity (Wildman–Crippen MR) is 88.5 cm³/mol. The molecule has 0 radical (unpaired) electrons. The molecule has 134 valence electrons. The number of benzene rings is 2. The number of primary sulfonamides is 1. The van der Waals surface area contributed by atoms with Gasteiger partial charge in [-0.05, 0) is 36.4 Å². The van der Waals surface area contributed by atoms with Crippen molar-refractivity contribution in [2.24, 2.45) is 5.14 Å². The molecule has 0 amide bonds. The quantitative estimate of drug-likeness (QED) is 0.426. The molecule has 0 atom stereocenters. The Kier molecular flexibility index (Phi) is 5.78. The molecule has 2 aromatic rings. The molecule has 25 heavy (non-hydrogen) atoms. The molecule has 2 rings (SSSR count). The van der Waals surface area contributed by atoms with Crippen LogP contribution >= 0.6 is 0 Å². The first-order valence-electron chi connectivity index (χ1n) is 7.02. The third-order valence-corrected chi connectivity index (χ3v) is 4.05. The minimum atomic E-state index is -3.75. The van der Waals surface area contributed by atoms with E-state index in [4.69, 9.17) is 19.3 Å². The second-order valence-corrected chi connectivity index (χ2v) is 6.37. The first-order chi connectivity index (χ1) is 11.8. The number of hydrogen-bond donors (Lipinski definition) is 1. The van der Waals surface area contributed by atoms with E-state index in [2.05, 4.69) is 0 Å². The van der Waals surface area contributed by atoms with Crippen molar-refractivity contribution in [2.45, 2.75) is 4.90 Å². The number of nitrogens with two attached hydrogens (primary N) is 1. The Hall–Kier alpha value is -2.85. The number of sulfonamides is 1. The molecule has 0 fully saturated rings. The Labute approximate surface area is 144 Å². The van der Waals surface area contributed by atoms with E-state index in [1.165, 1.54) is 43.5 Å². The summed E-state index contributed by atoms with van der Waals surface area (Å²) < 4.78 is 38.0. The lowest BCUT2D eigenvalue weighted by atomic mass is 10.3. The van der Waals surface area contributed by atoms with E-state index in [0.717, 1.165) is 0 Å². The second kappa shape index (κ2) is 7.81. The van der Waals surface area contributed by atoms with Crippen LogP contribution in [-0.2, 0) is 10.0 Å². The number of nitrogens with zero attached hydrogens (tertiary/aromatic N) is 1. The highest BCUT2D eigenvalue weighted by atomic mass is 32.2. The molecule has 2 N–H and O–H groups in total. The fraction of sp³-hybridized carbons (Fsp3) is 0.200. The number of nitro benzene ring substituents is 1. The van der Waals surface area contributed by atoms with Crippen molar-refractivity contribution in [1.82, 2.24) is 0 Å². The number of ether oxygens (including phenoxy) is 3. The third kappa shape index (κ3) is 5.06. The summed E-state index contributed by atoms with van der Waals surface area (Å²) in [6, 6.07) is 9.81. The van der Waals surface area contributed by atoms with Crippen molar-refractivity contribution in [2.75, 3.05) is 20.3 Å². The SMILES string of the molecule is COc1ccc(OCCOc2ccc(S(N)(=O)=O)cc2)c([N+](=O)[O-])c1. The molecule has 0 spiro atoms. The van der Waals surface area contributed by atoms with Crippen molar-refractivity contribution >= 4 is 15.7 Å². The van der Waals surface area contributed by atoms with E-state index in [0.29, 0.717) is 11.5 Å². The lowest BCUT2D eigenvalue weighted by molar-refractivity contribution is -0.385. The molecular formula is C15H16N2O7S. The van der Waals surface area contributed by atoms with Crippen LogP contribution in [0.2, 0.25) is 0 Å². The predicted octanol–water partition coefficient (Wildman–Crippen LogP) is 1.71. The van der Waals surface area contributed by atoms with Gasteiger partial charge in [-0.15, -0.1) is 0 Å². The summed E-state index contributed by atoms with van der Waals surface area (Å²) in [7, 11) is -2.34. The minimum Gasteiger partial charge on any atom is -0.496 e. The lowest BCUT2D eigenvalue weighted by Gasteiger charge is -2.09. The van der Waals surface area contributed by atoms with Crippen molar-refractivity contribution < 1.29 is 27.6 Å². The summed E-state index contributed by atoms with van der Waals surface area (Å²) in [5.41, 5.74) is -0.211. The Balaban J connectivity index is 1.92. The highest BCUT2D eigenvalue weighted by molar-refractivity contribution is 7.89. The Morgan fingerprint density at radius 2 is 1.64 bits per heavy atom. The van der Waals surface area contributed by atoms with Gasteiger partial charge in [-0.3, -0.25) is 10.1 Å². The summed E-state index contributed by atoms with van der Waals surface area (Å²) in [6.45, 7) is 0.169. The third-order valence-electron chi connectivity index (χ3n) is 3.12. The topological polar surface area (TPSA) is 131 Å². The Morgan fingerprint density at radius 1 is 1.04 bits per heavy atom. The van der Waals surface area contributed by atoms with Gasteiger partial charge in [0.05, 0.1) is 23.0 Å². The Bertz CT molecular complexity index is 851. The average Bonchev–Trinajstić information content (AvgIpc) is 2.58. The highest BCUT2D eigenvalue weighted by Crippen LogP contribution is 2.30. The van der Waals surface area contributed by atoms with E-state index in [9.17, 15) is 18.5 Å². The van der Waals surface area contributed by atoms with Crippen LogP contribution in [0.3, 0.4) is 0 Å². The second-order valence-electron chi connectivity index (χ2n) is 4.80. The van der Waals surface area contributed by atoms with Crippen LogP contribution in [0.1, 0.15) is 0 Å². The maximum atomic E-state index is 11.1. The average molecular weight is 368 g/mol. The van der Waals surface area contributed by atoms with Gasteiger partial charge in [-0.2, -0.15) is 0 Å². The lowest BCUT2D eigenvalue weighted by Crippen LogP contribution is -2.12. The number of hydrogen-bond acceptors (Lipinski definition) is 7. The molecule has 0 aliphatic rings. The maximum absolute atomic E-state index is 11.1. The van der Waals surface area contributed by atoms with Gasteiger partial charge in [0.1, 0.15) is 24.7 Å². The zero-order valence-corrected chi connectivity index (χ0v) is 14.1. The fourth-order valence-corrected chi connectivity index (χ4v) is 2.44. The summed E-state index contributed by atoms with van der Waals surface area (Å²) in [5, 5.41) is 16.0. The molecule has 2 aromatic carbocycles. The molecule has 0 aromatic heterocycles. The number of rotatable bonds is 8. The first-order valence-corrected chi connectivity index (χ1v) is 8.57. The number of nitro groups is 1. The van der Waals surface area contributed by atoms with Crippen LogP contribution in [0.15, 0.2) is 47.4 Å². The molecule has 9 nitrogen and oxygen atoms in total. The molecule has 0 saturated heterocycles. The molecule has 0 bridgehead atoms. The zero-order valence-electron chi connectivity index (χ0n) is 13.2. The molecule has 0 unspecified atom stereocenters. The van der Waals surface area contributed by atoms with Crippen molar-refractivity contribution in [3.05, 3.63) is 52.6 Å². The normalized spacial score (nSPS) is 11.0. The van der Waals surface area contributed by atoms with Gasteiger partial charge in [0, 0.05) is 0 Å². The van der Waals surface area contributed by atoms with Crippen molar-refractivity contribution in [3.8, 4) is 17.2 Å². The molecule has 0 aliphatic carbocycles. The number of methoxy groups -OCH3 is 1. The van der Waals surface area contributed by atoms with Gasteiger partial charge < -0.3 is 14.2 Å². The molecular weight excluding hydrogens is 352 g/mol. The van der Waals surface area contributed by atoms with E-state index in [-0.39, 0.29) is 29.5 Å². The smallest absolute Gasteiger partial charge is 0.314 e. The largest absolute Gasteiger partial charge is 0.496 e. The van der Waals surface area contributed by atoms with Crippen LogP contribution in [0.25, 0.3) is 0 Å². The van der Waals surface area contributed by atoms with Crippen LogP contribution in [0.4, 0.5) is 5.69 Å². The fourth-order valence-electron chi connectivity index (χ4n) is 1.93. The monoisotopic (exact) mass is 368 g/mol. The van der Waals surface area contributed by atoms with Crippen LogP contribution in [-0.4, -0.2) is 33.7 Å².